The fourth-order valence-electron chi connectivity index (χ4n) is 15.5. The largest absolute Gasteiger partial charge is 0.465 e. The molecule has 0 aliphatic carbocycles. The van der Waals surface area contributed by atoms with Crippen molar-refractivity contribution in [2.45, 2.75) is 202 Å². The van der Waals surface area contributed by atoms with Gasteiger partial charge in [0.25, 0.3) is 5.56 Å². The molecule has 0 saturated carbocycles. The molecule has 3 fully saturated rings. The van der Waals surface area contributed by atoms with E-state index in [1.165, 1.54) is 44.9 Å². The number of Topliss-reactive ketones (excluding diaryl/α,β-unsaturated/α-hetero) is 1. The fourth-order valence-corrected chi connectivity index (χ4v) is 18.0. The Morgan fingerprint density at radius 2 is 0.724 bits per heavy atom. The molecular weight excluding hydrogens is 2010 g/mol. The Balaban J connectivity index is 0.000000131. The van der Waals surface area contributed by atoms with Crippen molar-refractivity contribution < 1.29 is 52.5 Å². The maximum Gasteiger partial charge on any atom is 0.410 e. The van der Waals surface area contributed by atoms with Gasteiger partial charge < -0.3 is 63.7 Å². The number of H-pyrrole nitrogens is 1. The van der Waals surface area contributed by atoms with Gasteiger partial charge in [-0.2, -0.15) is 29.4 Å². The lowest BCUT2D eigenvalue weighted by Gasteiger charge is -2.35. The molecule has 686 valence electrons. The van der Waals surface area contributed by atoms with Crippen molar-refractivity contribution in [1.29, 1.82) is 0 Å². The highest BCUT2D eigenvalue weighted by atomic mass is 79.9. The van der Waals surface area contributed by atoms with Gasteiger partial charge in [-0.15, -0.1) is 0 Å². The molecule has 42 heteroatoms. The van der Waals surface area contributed by atoms with Crippen LogP contribution in [0.3, 0.4) is 0 Å². The molecule has 127 heavy (non-hydrogen) atoms. The zero-order chi connectivity index (χ0) is 91.3. The summed E-state index contributed by atoms with van der Waals surface area (Å²) in [4.78, 5) is 120. The van der Waals surface area contributed by atoms with Gasteiger partial charge in [-0.3, -0.25) is 19.5 Å². The minimum Gasteiger partial charge on any atom is -0.465 e. The zero-order valence-corrected chi connectivity index (χ0v) is 83.3. The van der Waals surface area contributed by atoms with Crippen LogP contribution in [0.5, 0.6) is 0 Å². The number of carbonyl (C=O) groups excluding carboxylic acids is 6. The lowest BCUT2D eigenvalue weighted by molar-refractivity contribution is -0.151. The SMILES string of the molecule is Brc1cnn2c(N3CCC3)c3c(nc12)CCNCC3.CC(C)(C)OC(=O)N1CCc2nc3c(Br)c[nH]n3c(=O)c2CC1.CC(C)(C)OC(=O)N1CCc2nc3c(Br)cnn3c(Cl)c2CC1.CC(C)(C)OC(=O)N1CCc2nc3c(Br)cnn3c(N3CCC3)c2CC1.CCOC(=O)C1CCN(C(=O)OC(C)(C)C)CCC1=O.Clc1c2c(nc3c(Br)cnn13)CCNCC2. The molecule has 0 aromatic carbocycles. The Morgan fingerprint density at radius 3 is 1.14 bits per heavy atom. The quantitative estimate of drug-likeness (QED) is 0.0637. The number of hydrogen-bond donors (Lipinski definition) is 3. The Morgan fingerprint density at radius 1 is 0.402 bits per heavy atom. The first-order valence-corrected chi connectivity index (χ1v) is 47.7. The fraction of sp³-hybridized carbons (Fsp3) is 0.576. The predicted octanol–water partition coefficient (Wildman–Crippen LogP) is 13.6. The van der Waals surface area contributed by atoms with E-state index in [0.717, 1.165) is 170 Å². The van der Waals surface area contributed by atoms with Crippen molar-refractivity contribution in [3.8, 4) is 0 Å². The summed E-state index contributed by atoms with van der Waals surface area (Å²) in [7, 11) is 0. The summed E-state index contributed by atoms with van der Waals surface area (Å²) in [6, 6.07) is 0. The molecule has 0 radical (unpaired) electrons. The van der Waals surface area contributed by atoms with Crippen LogP contribution in [-0.4, -0.2) is 262 Å². The Kier molecular flexibility index (Phi) is 31.0. The van der Waals surface area contributed by atoms with Gasteiger partial charge in [-0.1, -0.05) is 23.2 Å². The number of nitrogens with zero attached hydrogens (tertiary/aromatic N) is 20. The number of aromatic nitrogens is 15. The second-order valence-corrected chi connectivity index (χ2v) is 40.8. The van der Waals surface area contributed by atoms with Crippen LogP contribution in [-0.2, 0) is 97.5 Å². The van der Waals surface area contributed by atoms with E-state index in [-0.39, 0.29) is 55.6 Å². The number of hydrogen-bond acceptors (Lipinski definition) is 25. The van der Waals surface area contributed by atoms with E-state index in [1.54, 1.807) is 76.2 Å². The van der Waals surface area contributed by atoms with Gasteiger partial charge in [-0.25, -0.2) is 57.6 Å². The maximum absolute atomic E-state index is 12.6. The molecule has 10 aromatic rings. The number of rotatable bonds is 4. The van der Waals surface area contributed by atoms with Gasteiger partial charge in [0.15, 0.2) is 28.2 Å². The molecule has 18 heterocycles. The summed E-state index contributed by atoms with van der Waals surface area (Å²) in [6.07, 6.45) is 18.0. The summed E-state index contributed by atoms with van der Waals surface area (Å²) in [5, 5.41) is 28.4. The summed E-state index contributed by atoms with van der Waals surface area (Å²) in [6.45, 7) is 36.3. The number of likely N-dealkylation sites (tertiary alicyclic amines) is 1. The normalized spacial score (nSPS) is 17.3. The molecule has 18 rings (SSSR count). The Labute approximate surface area is 788 Å². The third-order valence-corrected chi connectivity index (χ3v) is 25.5. The van der Waals surface area contributed by atoms with Crippen LogP contribution in [0.1, 0.15) is 172 Å². The molecule has 1 unspecified atom stereocenters. The van der Waals surface area contributed by atoms with Gasteiger partial charge in [0.1, 0.15) is 56.0 Å². The molecular formula is C85H110Br5Cl2N23O12. The maximum atomic E-state index is 12.6. The standard InChI is InChI=1S/C18H24BrN5O2.C15H18BrClN4O2.C15H19BrN4O3.C14H23NO5.C13H16BrN5.C10H10BrClN4/c1-18(2,3)26-17(25)23-9-5-12-14(6-10-23)21-15-13(19)11-20-24(15)16(12)22-7-4-8-22;1-15(2,3)23-14(22)20-6-4-9-11(5-7-20)19-13-10(16)8-18-21(13)12(9)17;1-15(2,3)23-14(22)19-6-4-9-11(5-7-19)18-12-10(16)8-17-20(12)13(9)21;1-5-19-12(17)10-6-8-15(9-7-11(10)16)13(18)20-14(2,3)4;14-10-8-16-19-12(10)17-11-3-5-15-4-2-9(11)13(19)18-6-1-7-18;11-7-5-14-16-9(12)6-1-3-13-4-2-8(6)15-10(7)16/h11H,4-10H2,1-3H3;8H,4-7H2,1-3H3;8,17H,4-7H2,1-3H3;10H,5-9H2,1-4H3;8,15H,1-7H2;5,13H,1-4H2. The number of fused-ring (bicyclic) bond motifs is 10. The van der Waals surface area contributed by atoms with Crippen molar-refractivity contribution in [3.05, 3.63) is 130 Å². The van der Waals surface area contributed by atoms with E-state index in [4.69, 9.17) is 56.9 Å². The average molecular weight is 2120 g/mol. The molecule has 8 aliphatic rings. The van der Waals surface area contributed by atoms with E-state index in [1.807, 2.05) is 77.5 Å². The molecule has 3 saturated heterocycles. The van der Waals surface area contributed by atoms with E-state index >= 15 is 0 Å². The molecule has 3 N–H and O–H groups in total. The average Bonchev–Trinajstić information content (AvgIpc) is 1.65. The molecule has 0 spiro atoms. The van der Waals surface area contributed by atoms with Gasteiger partial charge >= 0.3 is 30.3 Å². The first-order chi connectivity index (χ1) is 60.2. The van der Waals surface area contributed by atoms with E-state index in [2.05, 4.69) is 141 Å². The van der Waals surface area contributed by atoms with Crippen LogP contribution in [0.4, 0.5) is 30.8 Å². The van der Waals surface area contributed by atoms with Gasteiger partial charge in [0.05, 0.1) is 82.2 Å². The Bertz CT molecular complexity index is 5800. The van der Waals surface area contributed by atoms with Crippen molar-refractivity contribution in [3.63, 3.8) is 0 Å². The number of nitrogens with one attached hydrogen (secondary N) is 3. The lowest BCUT2D eigenvalue weighted by Crippen LogP contribution is -2.40. The summed E-state index contributed by atoms with van der Waals surface area (Å²) in [5.41, 5.74) is 12.0. The number of ketones is 1. The minimum atomic E-state index is -0.762. The summed E-state index contributed by atoms with van der Waals surface area (Å²) >= 11 is 30.2. The second kappa shape index (κ2) is 41.0. The van der Waals surface area contributed by atoms with Crippen LogP contribution >= 0.6 is 103 Å². The lowest BCUT2D eigenvalue weighted by atomic mass is 10.00. The summed E-state index contributed by atoms with van der Waals surface area (Å²) < 4.78 is 39.6. The summed E-state index contributed by atoms with van der Waals surface area (Å²) in [5.74, 6) is 0.967. The highest BCUT2D eigenvalue weighted by Gasteiger charge is 2.37. The first kappa shape index (κ1) is 96.2. The van der Waals surface area contributed by atoms with Gasteiger partial charge in [0, 0.05) is 164 Å². The number of carbonyl (C=O) groups is 6. The smallest absolute Gasteiger partial charge is 0.410 e. The first-order valence-electron chi connectivity index (χ1n) is 43.0. The monoisotopic (exact) mass is 2110 g/mol. The van der Waals surface area contributed by atoms with Crippen molar-refractivity contribution >= 4 is 179 Å². The third kappa shape index (κ3) is 23.3. The van der Waals surface area contributed by atoms with Crippen LogP contribution in [0, 0.1) is 5.92 Å². The number of ether oxygens (including phenoxy) is 5. The van der Waals surface area contributed by atoms with Crippen molar-refractivity contribution in [2.75, 3.05) is 121 Å². The van der Waals surface area contributed by atoms with E-state index in [9.17, 15) is 33.6 Å². The molecule has 8 aliphatic heterocycles. The van der Waals surface area contributed by atoms with Crippen LogP contribution < -0.4 is 26.0 Å². The third-order valence-electron chi connectivity index (χ3n) is 21.9. The van der Waals surface area contributed by atoms with Crippen LogP contribution in [0.2, 0.25) is 10.3 Å². The van der Waals surface area contributed by atoms with E-state index in [0.29, 0.717) is 98.7 Å². The van der Waals surface area contributed by atoms with Gasteiger partial charge in [0.2, 0.25) is 0 Å². The second-order valence-electron chi connectivity index (χ2n) is 35.8. The van der Waals surface area contributed by atoms with Crippen molar-refractivity contribution in [2.24, 2.45) is 5.92 Å². The molecule has 0 bridgehead atoms. The van der Waals surface area contributed by atoms with Crippen LogP contribution in [0.25, 0.3) is 28.2 Å². The van der Waals surface area contributed by atoms with Gasteiger partial charge in [-0.05, 0) is 234 Å². The Hall–Kier alpha value is -8.38. The number of amides is 4. The minimum absolute atomic E-state index is 0.110. The molecule has 1 atom stereocenters. The number of halogens is 7. The molecule has 4 amide bonds. The predicted molar refractivity (Wildman–Crippen MR) is 498 cm³/mol. The number of esters is 1. The topological polar surface area (TPSA) is 363 Å². The van der Waals surface area contributed by atoms with Crippen molar-refractivity contribution in [1.82, 2.24) is 103 Å². The zero-order valence-electron chi connectivity index (χ0n) is 73.9. The van der Waals surface area contributed by atoms with E-state index < -0.39 is 40.4 Å². The van der Waals surface area contributed by atoms with Crippen LogP contribution in [0.15, 0.2) is 58.1 Å². The molecule has 10 aromatic heterocycles. The molecule has 35 nitrogen and oxygen atoms in total. The highest BCUT2D eigenvalue weighted by Crippen LogP contribution is 2.36. The number of anilines is 2. The number of aromatic amines is 1. The highest BCUT2D eigenvalue weighted by molar-refractivity contribution is 9.11.